The minimum Gasteiger partial charge on any atom is -0.454 e. The third-order valence-electron chi connectivity index (χ3n) is 5.91. The predicted octanol–water partition coefficient (Wildman–Crippen LogP) is 3.18. The van der Waals surface area contributed by atoms with Gasteiger partial charge < -0.3 is 24.6 Å². The zero-order valence-electron chi connectivity index (χ0n) is 18.0. The van der Waals surface area contributed by atoms with E-state index in [-0.39, 0.29) is 18.1 Å². The maximum atomic E-state index is 12.6. The Labute approximate surface area is 177 Å². The fraction of sp³-hybridized carbons (Fsp3) is 0.565. The van der Waals surface area contributed by atoms with Gasteiger partial charge in [-0.15, -0.1) is 0 Å². The van der Waals surface area contributed by atoms with Crippen LogP contribution >= 0.6 is 0 Å². The minimum absolute atomic E-state index is 0.0515. The molecule has 2 aromatic rings. The fourth-order valence-corrected chi connectivity index (χ4v) is 4.08. The molecule has 4 rings (SSSR count). The minimum atomic E-state index is -0.0515. The van der Waals surface area contributed by atoms with Crippen LogP contribution in [0.2, 0.25) is 0 Å². The molecule has 1 saturated heterocycles. The highest BCUT2D eigenvalue weighted by molar-refractivity contribution is 5.76. The lowest BCUT2D eigenvalue weighted by Crippen LogP contribution is -2.40. The monoisotopic (exact) mass is 413 g/mol. The summed E-state index contributed by atoms with van der Waals surface area (Å²) in [4.78, 5) is 12.6. The number of carbonyl (C=O) groups excluding carboxylic acids is 1. The second-order valence-electron chi connectivity index (χ2n) is 9.32. The van der Waals surface area contributed by atoms with Gasteiger partial charge in [-0.3, -0.25) is 4.79 Å². The Kier molecular flexibility index (Phi) is 5.99. The van der Waals surface area contributed by atoms with Gasteiger partial charge >= 0.3 is 0 Å². The molecule has 30 heavy (non-hydrogen) atoms. The molecule has 0 unspecified atom stereocenters. The molecule has 1 amide bonds. The van der Waals surface area contributed by atoms with Gasteiger partial charge in [-0.2, -0.15) is 0 Å². The average molecular weight is 414 g/mol. The van der Waals surface area contributed by atoms with Crippen molar-refractivity contribution >= 4 is 5.91 Å². The Bertz CT molecular complexity index is 887. The standard InChI is InChI=1S/C23H31N3O4/c1-23(2,3)21-11-18(26-30-21)9-17-13-24-7-6-16(17)10-22(27)25-12-15-4-5-19-20(8-15)29-14-28-19/h4-5,8,11,16-17,24H,6-7,9-10,12-14H2,1-3H3,(H,25,27)/t16-,17+/m0/s1. The van der Waals surface area contributed by atoms with Crippen LogP contribution < -0.4 is 20.1 Å². The molecule has 0 bridgehead atoms. The first-order valence-corrected chi connectivity index (χ1v) is 10.7. The molecule has 162 valence electrons. The van der Waals surface area contributed by atoms with Crippen LogP contribution in [0.5, 0.6) is 11.5 Å². The number of ether oxygens (including phenoxy) is 2. The van der Waals surface area contributed by atoms with Gasteiger partial charge in [-0.25, -0.2) is 0 Å². The molecule has 7 heteroatoms. The van der Waals surface area contributed by atoms with Gasteiger partial charge in [0.25, 0.3) is 0 Å². The molecule has 3 heterocycles. The van der Waals surface area contributed by atoms with E-state index in [1.54, 1.807) is 0 Å². The Morgan fingerprint density at radius 1 is 1.20 bits per heavy atom. The van der Waals surface area contributed by atoms with Crippen LogP contribution in [0, 0.1) is 11.8 Å². The number of rotatable bonds is 6. The Hall–Kier alpha value is -2.54. The number of hydrogen-bond acceptors (Lipinski definition) is 6. The van der Waals surface area contributed by atoms with E-state index < -0.39 is 0 Å². The maximum Gasteiger partial charge on any atom is 0.231 e. The van der Waals surface area contributed by atoms with Gasteiger partial charge in [0, 0.05) is 24.4 Å². The number of piperidine rings is 1. The number of hydrogen-bond donors (Lipinski definition) is 2. The first kappa shape index (κ1) is 20.7. The first-order chi connectivity index (χ1) is 14.4. The molecule has 2 aliphatic heterocycles. The second-order valence-corrected chi connectivity index (χ2v) is 9.32. The first-order valence-electron chi connectivity index (χ1n) is 10.7. The smallest absolute Gasteiger partial charge is 0.231 e. The van der Waals surface area contributed by atoms with E-state index in [2.05, 4.69) is 42.6 Å². The van der Waals surface area contributed by atoms with E-state index in [9.17, 15) is 4.79 Å². The molecular formula is C23H31N3O4. The highest BCUT2D eigenvalue weighted by Crippen LogP contribution is 2.32. The summed E-state index contributed by atoms with van der Waals surface area (Å²) in [6.45, 7) is 8.95. The van der Waals surface area contributed by atoms with Crippen molar-refractivity contribution in [1.29, 1.82) is 0 Å². The number of aromatic nitrogens is 1. The largest absolute Gasteiger partial charge is 0.454 e. The molecule has 0 spiro atoms. The van der Waals surface area contributed by atoms with Crippen molar-refractivity contribution in [3.05, 3.63) is 41.3 Å². The van der Waals surface area contributed by atoms with E-state index in [1.165, 1.54) is 0 Å². The SMILES string of the molecule is CC(C)(C)c1cc(C[C@@H]2CNCC[C@H]2CC(=O)NCc2ccc3c(c2)OCO3)no1. The predicted molar refractivity (Wildman–Crippen MR) is 112 cm³/mol. The summed E-state index contributed by atoms with van der Waals surface area (Å²) in [6, 6.07) is 7.83. The van der Waals surface area contributed by atoms with Gasteiger partial charge in [-0.05, 0) is 55.5 Å². The van der Waals surface area contributed by atoms with Crippen molar-refractivity contribution in [1.82, 2.24) is 15.8 Å². The highest BCUT2D eigenvalue weighted by Gasteiger charge is 2.29. The number of nitrogens with one attached hydrogen (secondary N) is 2. The number of fused-ring (bicyclic) bond motifs is 1. The summed E-state index contributed by atoms with van der Waals surface area (Å²) >= 11 is 0. The summed E-state index contributed by atoms with van der Waals surface area (Å²) in [5.74, 6) is 3.18. The van der Waals surface area contributed by atoms with Crippen LogP contribution in [0.1, 0.15) is 50.6 Å². The zero-order valence-corrected chi connectivity index (χ0v) is 18.0. The average Bonchev–Trinajstić information content (AvgIpc) is 3.36. The quantitative estimate of drug-likeness (QED) is 0.757. The Balaban J connectivity index is 1.31. The summed E-state index contributed by atoms with van der Waals surface area (Å²) in [7, 11) is 0. The van der Waals surface area contributed by atoms with Gasteiger partial charge in [0.2, 0.25) is 12.7 Å². The third-order valence-corrected chi connectivity index (χ3v) is 5.91. The molecule has 0 aliphatic carbocycles. The molecule has 1 fully saturated rings. The van der Waals surface area contributed by atoms with Crippen molar-refractivity contribution in [2.45, 2.75) is 52.0 Å². The lowest BCUT2D eigenvalue weighted by molar-refractivity contribution is -0.122. The van der Waals surface area contributed by atoms with E-state index in [1.807, 2.05) is 18.2 Å². The second kappa shape index (κ2) is 8.68. The van der Waals surface area contributed by atoms with E-state index >= 15 is 0 Å². The van der Waals surface area contributed by atoms with Gasteiger partial charge in [0.1, 0.15) is 5.76 Å². The van der Waals surface area contributed by atoms with Gasteiger partial charge in [-0.1, -0.05) is 32.0 Å². The fourth-order valence-electron chi connectivity index (χ4n) is 4.08. The third kappa shape index (κ3) is 4.95. The zero-order chi connectivity index (χ0) is 21.1. The lowest BCUT2D eigenvalue weighted by atomic mass is 9.81. The van der Waals surface area contributed by atoms with Crippen LogP contribution in [0.25, 0.3) is 0 Å². The van der Waals surface area contributed by atoms with Gasteiger partial charge in [0.05, 0.1) is 5.69 Å². The number of amides is 1. The number of carbonyl (C=O) groups is 1. The van der Waals surface area contributed by atoms with Crippen molar-refractivity contribution in [2.24, 2.45) is 11.8 Å². The molecular weight excluding hydrogens is 382 g/mol. The highest BCUT2D eigenvalue weighted by atomic mass is 16.7. The van der Waals surface area contributed by atoms with E-state index in [4.69, 9.17) is 14.0 Å². The molecule has 2 N–H and O–H groups in total. The molecule has 0 radical (unpaired) electrons. The summed E-state index contributed by atoms with van der Waals surface area (Å²) in [5.41, 5.74) is 1.93. The van der Waals surface area contributed by atoms with Crippen LogP contribution in [0.4, 0.5) is 0 Å². The summed E-state index contributed by atoms with van der Waals surface area (Å²) in [6.07, 6.45) is 2.35. The summed E-state index contributed by atoms with van der Waals surface area (Å²) in [5, 5.41) is 10.8. The molecule has 2 aliphatic rings. The Morgan fingerprint density at radius 2 is 2.03 bits per heavy atom. The molecule has 1 aromatic heterocycles. The van der Waals surface area contributed by atoms with Crippen molar-refractivity contribution in [3.63, 3.8) is 0 Å². The van der Waals surface area contributed by atoms with Crippen molar-refractivity contribution < 1.29 is 18.8 Å². The molecule has 1 aromatic carbocycles. The van der Waals surface area contributed by atoms with E-state index in [0.717, 1.165) is 54.4 Å². The topological polar surface area (TPSA) is 85.6 Å². The van der Waals surface area contributed by atoms with Crippen LogP contribution in [-0.2, 0) is 23.2 Å². The van der Waals surface area contributed by atoms with Crippen LogP contribution in [0.3, 0.4) is 0 Å². The van der Waals surface area contributed by atoms with Crippen molar-refractivity contribution in [2.75, 3.05) is 19.9 Å². The Morgan fingerprint density at radius 3 is 2.83 bits per heavy atom. The lowest BCUT2D eigenvalue weighted by Gasteiger charge is -2.31. The summed E-state index contributed by atoms with van der Waals surface area (Å²) < 4.78 is 16.3. The van der Waals surface area contributed by atoms with Gasteiger partial charge in [0.15, 0.2) is 11.5 Å². The molecule has 0 saturated carbocycles. The van der Waals surface area contributed by atoms with Crippen LogP contribution in [0.15, 0.2) is 28.8 Å². The number of nitrogens with zero attached hydrogens (tertiary/aromatic N) is 1. The van der Waals surface area contributed by atoms with E-state index in [0.29, 0.717) is 24.8 Å². The van der Waals surface area contributed by atoms with Crippen molar-refractivity contribution in [3.8, 4) is 11.5 Å². The normalized spacial score (nSPS) is 20.9. The molecule has 2 atom stereocenters. The molecule has 7 nitrogen and oxygen atoms in total. The van der Waals surface area contributed by atoms with Crippen LogP contribution in [-0.4, -0.2) is 30.9 Å². The maximum absolute atomic E-state index is 12.6. The number of benzene rings is 1.